The van der Waals surface area contributed by atoms with E-state index in [1.807, 2.05) is 13.8 Å². The predicted octanol–water partition coefficient (Wildman–Crippen LogP) is 0.702. The number of carboxylic acid groups (broad SMARTS) is 1. The smallest absolute Gasteiger partial charge is 0.354 e. The quantitative estimate of drug-likeness (QED) is 0.822. The van der Waals surface area contributed by atoms with Crippen molar-refractivity contribution in [3.63, 3.8) is 0 Å². The molecule has 0 aliphatic carbocycles. The van der Waals surface area contributed by atoms with Gasteiger partial charge in [-0.25, -0.2) is 14.8 Å². The number of nitrogens with zero attached hydrogens (tertiary/aromatic N) is 2. The normalized spacial score (nSPS) is 15.3. The second-order valence-electron chi connectivity index (χ2n) is 4.77. The zero-order valence-electron chi connectivity index (χ0n) is 10.8. The molecule has 0 saturated heterocycles. The lowest BCUT2D eigenvalue weighted by atomic mass is 10.0. The summed E-state index contributed by atoms with van der Waals surface area (Å²) < 4.78 is 5.31. The van der Waals surface area contributed by atoms with Gasteiger partial charge in [0.05, 0.1) is 5.69 Å². The van der Waals surface area contributed by atoms with Crippen LogP contribution in [0.3, 0.4) is 0 Å². The van der Waals surface area contributed by atoms with Crippen LogP contribution >= 0.6 is 0 Å². The molecule has 1 aromatic rings. The molecule has 0 bridgehead atoms. The second kappa shape index (κ2) is 4.62. The number of carboxylic acids is 1. The van der Waals surface area contributed by atoms with E-state index in [2.05, 4.69) is 15.3 Å². The van der Waals surface area contributed by atoms with E-state index in [9.17, 15) is 9.90 Å². The molecule has 0 unspecified atom stereocenters. The largest absolute Gasteiger partial charge is 0.477 e. The molecule has 18 heavy (non-hydrogen) atoms. The van der Waals surface area contributed by atoms with E-state index < -0.39 is 11.6 Å². The molecule has 0 fully saturated rings. The van der Waals surface area contributed by atoms with Gasteiger partial charge in [-0.2, -0.15) is 0 Å². The van der Waals surface area contributed by atoms with Crippen molar-refractivity contribution in [2.75, 3.05) is 13.7 Å². The van der Waals surface area contributed by atoms with Gasteiger partial charge in [0.2, 0.25) is 0 Å². The van der Waals surface area contributed by atoms with E-state index in [1.54, 1.807) is 7.11 Å². The maximum absolute atomic E-state index is 11.3. The predicted molar refractivity (Wildman–Crippen MR) is 64.4 cm³/mol. The highest BCUT2D eigenvalue weighted by atomic mass is 16.5. The van der Waals surface area contributed by atoms with E-state index in [0.717, 1.165) is 17.8 Å². The lowest BCUT2D eigenvalue weighted by Crippen LogP contribution is -2.31. The Kier molecular flexibility index (Phi) is 3.32. The van der Waals surface area contributed by atoms with Crippen LogP contribution in [-0.2, 0) is 23.3 Å². The van der Waals surface area contributed by atoms with Crippen molar-refractivity contribution in [2.24, 2.45) is 0 Å². The van der Waals surface area contributed by atoms with Gasteiger partial charge in [-0.3, -0.25) is 0 Å². The average Bonchev–Trinajstić information content (AvgIpc) is 2.37. The van der Waals surface area contributed by atoms with Gasteiger partial charge in [0.15, 0.2) is 11.5 Å². The van der Waals surface area contributed by atoms with Crippen LogP contribution < -0.4 is 5.32 Å². The first-order chi connectivity index (χ1) is 8.45. The highest BCUT2D eigenvalue weighted by molar-refractivity contribution is 5.87. The van der Waals surface area contributed by atoms with Crippen molar-refractivity contribution in [2.45, 2.75) is 32.4 Å². The zero-order valence-corrected chi connectivity index (χ0v) is 10.8. The number of methoxy groups -OCH3 is 1. The standard InChI is InChI=1S/C12H17N3O3/c1-12(2,18-3)11-14-8-6-13-5-4-7(8)9(15-11)10(16)17/h13H,4-6H2,1-3H3,(H,16,17). The monoisotopic (exact) mass is 251 g/mol. The molecule has 0 radical (unpaired) electrons. The Balaban J connectivity index is 2.58. The topological polar surface area (TPSA) is 84.3 Å². The first-order valence-electron chi connectivity index (χ1n) is 5.85. The molecule has 98 valence electrons. The summed E-state index contributed by atoms with van der Waals surface area (Å²) in [4.78, 5) is 19.9. The maximum Gasteiger partial charge on any atom is 0.354 e. The first kappa shape index (κ1) is 12.9. The van der Waals surface area contributed by atoms with Gasteiger partial charge < -0.3 is 15.2 Å². The Hall–Kier alpha value is -1.53. The molecule has 0 spiro atoms. The van der Waals surface area contributed by atoms with Crippen LogP contribution in [0.1, 0.15) is 41.4 Å². The van der Waals surface area contributed by atoms with Crippen molar-refractivity contribution in [3.8, 4) is 0 Å². The number of aromatic carboxylic acids is 1. The molecule has 0 atom stereocenters. The Morgan fingerprint density at radius 3 is 2.78 bits per heavy atom. The molecule has 1 aliphatic rings. The molecule has 1 aromatic heterocycles. The molecule has 1 aliphatic heterocycles. The highest BCUT2D eigenvalue weighted by Gasteiger charge is 2.29. The lowest BCUT2D eigenvalue weighted by Gasteiger charge is -2.25. The van der Waals surface area contributed by atoms with Gasteiger partial charge in [-0.15, -0.1) is 0 Å². The van der Waals surface area contributed by atoms with Gasteiger partial charge in [0.1, 0.15) is 5.60 Å². The summed E-state index contributed by atoms with van der Waals surface area (Å²) in [6, 6.07) is 0. The minimum atomic E-state index is -1.01. The van der Waals surface area contributed by atoms with Crippen LogP contribution in [0.5, 0.6) is 0 Å². The lowest BCUT2D eigenvalue weighted by molar-refractivity contribution is 0.0109. The number of nitrogens with one attached hydrogen (secondary N) is 1. The highest BCUT2D eigenvalue weighted by Crippen LogP contribution is 2.24. The maximum atomic E-state index is 11.3. The second-order valence-corrected chi connectivity index (χ2v) is 4.77. The molecule has 2 heterocycles. The third-order valence-electron chi connectivity index (χ3n) is 3.19. The van der Waals surface area contributed by atoms with E-state index in [0.29, 0.717) is 18.8 Å². The van der Waals surface area contributed by atoms with Crippen molar-refractivity contribution >= 4 is 5.97 Å². The Morgan fingerprint density at radius 2 is 2.17 bits per heavy atom. The number of hydrogen-bond donors (Lipinski definition) is 2. The summed E-state index contributed by atoms with van der Waals surface area (Å²) in [6.07, 6.45) is 0.644. The molecule has 0 saturated carbocycles. The van der Waals surface area contributed by atoms with Gasteiger partial charge in [-0.1, -0.05) is 0 Å². The Bertz CT molecular complexity index is 486. The van der Waals surface area contributed by atoms with E-state index in [1.165, 1.54) is 0 Å². The SMILES string of the molecule is COC(C)(C)c1nc2c(c(C(=O)O)n1)CCNC2. The van der Waals surface area contributed by atoms with Crippen molar-refractivity contribution in [1.29, 1.82) is 0 Å². The van der Waals surface area contributed by atoms with E-state index in [4.69, 9.17) is 4.74 Å². The van der Waals surface area contributed by atoms with Gasteiger partial charge in [0.25, 0.3) is 0 Å². The summed E-state index contributed by atoms with van der Waals surface area (Å²) in [5, 5.41) is 12.4. The fourth-order valence-corrected chi connectivity index (χ4v) is 1.90. The van der Waals surface area contributed by atoms with Gasteiger partial charge in [-0.05, 0) is 26.8 Å². The number of rotatable bonds is 3. The summed E-state index contributed by atoms with van der Waals surface area (Å²) in [5.74, 6) is -0.603. The Labute approximate surface area is 105 Å². The average molecular weight is 251 g/mol. The molecule has 2 N–H and O–H groups in total. The number of fused-ring (bicyclic) bond motifs is 1. The molecular weight excluding hydrogens is 234 g/mol. The third kappa shape index (κ3) is 2.21. The number of carbonyl (C=O) groups is 1. The summed E-state index contributed by atoms with van der Waals surface area (Å²) in [7, 11) is 1.56. The Morgan fingerprint density at radius 1 is 1.44 bits per heavy atom. The number of aromatic nitrogens is 2. The summed E-state index contributed by atoms with van der Waals surface area (Å²) >= 11 is 0. The number of ether oxygens (including phenoxy) is 1. The third-order valence-corrected chi connectivity index (χ3v) is 3.19. The van der Waals surface area contributed by atoms with Gasteiger partial charge in [0, 0.05) is 19.2 Å². The van der Waals surface area contributed by atoms with E-state index >= 15 is 0 Å². The molecule has 2 rings (SSSR count). The number of hydrogen-bond acceptors (Lipinski definition) is 5. The van der Waals surface area contributed by atoms with Gasteiger partial charge >= 0.3 is 5.97 Å². The molecule has 0 amide bonds. The first-order valence-corrected chi connectivity index (χ1v) is 5.85. The van der Waals surface area contributed by atoms with Crippen LogP contribution in [0.4, 0.5) is 0 Å². The van der Waals surface area contributed by atoms with Crippen LogP contribution in [0.2, 0.25) is 0 Å². The fraction of sp³-hybridized carbons (Fsp3) is 0.583. The van der Waals surface area contributed by atoms with Crippen LogP contribution in [-0.4, -0.2) is 34.7 Å². The fourth-order valence-electron chi connectivity index (χ4n) is 1.90. The minimum Gasteiger partial charge on any atom is -0.477 e. The van der Waals surface area contributed by atoms with Crippen LogP contribution in [0, 0.1) is 0 Å². The summed E-state index contributed by atoms with van der Waals surface area (Å²) in [6.45, 7) is 4.96. The molecule has 6 heteroatoms. The van der Waals surface area contributed by atoms with Crippen molar-refractivity contribution in [3.05, 3.63) is 22.8 Å². The zero-order chi connectivity index (χ0) is 13.3. The van der Waals surface area contributed by atoms with Crippen molar-refractivity contribution < 1.29 is 14.6 Å². The molecular formula is C12H17N3O3. The van der Waals surface area contributed by atoms with Crippen LogP contribution in [0.25, 0.3) is 0 Å². The van der Waals surface area contributed by atoms with Crippen molar-refractivity contribution in [1.82, 2.24) is 15.3 Å². The van der Waals surface area contributed by atoms with Crippen LogP contribution in [0.15, 0.2) is 0 Å². The van der Waals surface area contributed by atoms with E-state index in [-0.39, 0.29) is 5.69 Å². The molecule has 0 aromatic carbocycles. The molecule has 6 nitrogen and oxygen atoms in total. The summed E-state index contributed by atoms with van der Waals surface area (Å²) in [5.41, 5.74) is 0.892. The minimum absolute atomic E-state index is 0.0987.